The van der Waals surface area contributed by atoms with Gasteiger partial charge in [0.25, 0.3) is 0 Å². The number of carbonyl (C=O) groups excluding carboxylic acids is 1. The minimum Gasteiger partial charge on any atom is -0.450 e. The molecular weight excluding hydrogens is 166 g/mol. The normalized spacial score (nSPS) is 9.69. The third-order valence-corrected chi connectivity index (χ3v) is 1.88. The molecule has 0 rings (SSSR count). The van der Waals surface area contributed by atoms with Crippen LogP contribution < -0.4 is 5.32 Å². The molecule has 0 aliphatic rings. The maximum atomic E-state index is 10.6. The molecule has 0 bridgehead atoms. The average Bonchev–Trinajstić information content (AvgIpc) is 2.16. The summed E-state index contributed by atoms with van der Waals surface area (Å²) in [7, 11) is 3.20. The minimum atomic E-state index is -0.437. The van der Waals surface area contributed by atoms with Crippen molar-refractivity contribution < 1.29 is 9.53 Å². The van der Waals surface area contributed by atoms with Crippen LogP contribution in [0.5, 0.6) is 0 Å². The number of rotatable bonds is 7. The van der Waals surface area contributed by atoms with E-state index >= 15 is 0 Å². The van der Waals surface area contributed by atoms with E-state index in [0.717, 1.165) is 12.8 Å². The van der Waals surface area contributed by atoms with Gasteiger partial charge in [0, 0.05) is 7.05 Å². The largest absolute Gasteiger partial charge is 0.450 e. The lowest BCUT2D eigenvalue weighted by Gasteiger charge is -2.03. The summed E-state index contributed by atoms with van der Waals surface area (Å²) in [6.07, 6.45) is 6.76. The Morgan fingerprint density at radius 2 is 1.85 bits per heavy atom. The van der Waals surface area contributed by atoms with Gasteiger partial charge in [-0.25, -0.2) is 4.79 Å². The molecule has 0 saturated heterocycles. The first kappa shape index (κ1) is 12.3. The van der Waals surface area contributed by atoms with Crippen LogP contribution in [0.15, 0.2) is 0 Å². The van der Waals surface area contributed by atoms with Crippen LogP contribution in [0.1, 0.15) is 45.4 Å². The summed E-state index contributed by atoms with van der Waals surface area (Å²) in [5, 5.41) is 2.17. The summed E-state index contributed by atoms with van der Waals surface area (Å²) in [5.74, 6) is 0. The third kappa shape index (κ3) is 9.18. The molecular formula is C10H20NO2. The highest BCUT2D eigenvalue weighted by molar-refractivity contribution is 5.67. The monoisotopic (exact) mass is 186 g/mol. The Kier molecular flexibility index (Phi) is 8.83. The van der Waals surface area contributed by atoms with Gasteiger partial charge >= 0.3 is 6.09 Å². The predicted octanol–water partition coefficient (Wildman–Crippen LogP) is 2.86. The quantitative estimate of drug-likeness (QED) is 0.621. The third-order valence-electron chi connectivity index (χ3n) is 1.88. The van der Waals surface area contributed by atoms with Crippen LogP contribution in [0.2, 0.25) is 0 Å². The van der Waals surface area contributed by atoms with Gasteiger partial charge < -0.3 is 10.1 Å². The Balaban J connectivity index is 2.95. The molecule has 0 fully saturated rings. The van der Waals surface area contributed by atoms with E-state index in [-0.39, 0.29) is 0 Å². The zero-order valence-corrected chi connectivity index (χ0v) is 8.47. The van der Waals surface area contributed by atoms with Gasteiger partial charge in [-0.1, -0.05) is 39.0 Å². The summed E-state index contributed by atoms with van der Waals surface area (Å²) in [6.45, 7) is 2.70. The summed E-state index contributed by atoms with van der Waals surface area (Å²) in [5.41, 5.74) is 0. The van der Waals surface area contributed by atoms with E-state index in [1.807, 2.05) is 0 Å². The van der Waals surface area contributed by atoms with Crippen molar-refractivity contribution in [1.82, 2.24) is 5.32 Å². The first-order valence-corrected chi connectivity index (χ1v) is 5.01. The van der Waals surface area contributed by atoms with Crippen molar-refractivity contribution >= 4 is 6.09 Å². The molecule has 3 heteroatoms. The van der Waals surface area contributed by atoms with Crippen molar-refractivity contribution in [3.63, 3.8) is 0 Å². The molecule has 1 radical (unpaired) electrons. The number of hydrogen-bond acceptors (Lipinski definition) is 2. The van der Waals surface area contributed by atoms with Crippen LogP contribution in [-0.4, -0.2) is 12.7 Å². The summed E-state index contributed by atoms with van der Waals surface area (Å²) in [4.78, 5) is 10.6. The smallest absolute Gasteiger partial charge is 0.407 e. The Labute approximate surface area is 80.8 Å². The number of ether oxygens (including phenoxy) is 1. The second-order valence-electron chi connectivity index (χ2n) is 3.08. The van der Waals surface area contributed by atoms with Crippen LogP contribution in [-0.2, 0) is 4.74 Å². The van der Waals surface area contributed by atoms with Crippen LogP contribution in [0.4, 0.5) is 4.79 Å². The molecule has 1 N–H and O–H groups in total. The molecule has 0 spiro atoms. The van der Waals surface area contributed by atoms with E-state index in [4.69, 9.17) is 4.74 Å². The van der Waals surface area contributed by atoms with Crippen molar-refractivity contribution in [2.75, 3.05) is 6.61 Å². The van der Waals surface area contributed by atoms with Crippen molar-refractivity contribution in [3.8, 4) is 0 Å². The van der Waals surface area contributed by atoms with E-state index in [0.29, 0.717) is 6.61 Å². The summed E-state index contributed by atoms with van der Waals surface area (Å²) in [6, 6.07) is 0. The van der Waals surface area contributed by atoms with Crippen molar-refractivity contribution in [2.45, 2.75) is 45.4 Å². The van der Waals surface area contributed by atoms with Gasteiger partial charge in [0.2, 0.25) is 0 Å². The highest BCUT2D eigenvalue weighted by atomic mass is 16.5. The van der Waals surface area contributed by atoms with Gasteiger partial charge in [-0.3, -0.25) is 0 Å². The zero-order valence-electron chi connectivity index (χ0n) is 8.47. The number of alkyl carbamates (subject to hydrolysis) is 1. The van der Waals surface area contributed by atoms with Crippen LogP contribution >= 0.6 is 0 Å². The maximum absolute atomic E-state index is 10.6. The molecule has 77 valence electrons. The number of unbranched alkanes of at least 4 members (excludes halogenated alkanes) is 5. The molecule has 1 amide bonds. The SMILES string of the molecule is [CH2]NC(=O)OCCCCCCCC. The summed E-state index contributed by atoms with van der Waals surface area (Å²) >= 11 is 0. The van der Waals surface area contributed by atoms with Crippen molar-refractivity contribution in [3.05, 3.63) is 7.05 Å². The Bertz CT molecular complexity index is 126. The lowest BCUT2D eigenvalue weighted by atomic mass is 10.1. The minimum absolute atomic E-state index is 0.437. The number of nitrogens with one attached hydrogen (secondary N) is 1. The standard InChI is InChI=1S/C10H20NO2/c1-3-4-5-6-7-8-9-13-10(12)11-2/h2-9H2,1H3,(H,11,12). The fraction of sp³-hybridized carbons (Fsp3) is 0.800. The molecule has 0 aromatic carbocycles. The molecule has 0 heterocycles. The highest BCUT2D eigenvalue weighted by Gasteiger charge is 1.96. The van der Waals surface area contributed by atoms with Gasteiger partial charge in [-0.15, -0.1) is 0 Å². The first-order valence-electron chi connectivity index (χ1n) is 5.01. The molecule has 0 unspecified atom stereocenters. The van der Waals surface area contributed by atoms with Gasteiger partial charge in [-0.2, -0.15) is 0 Å². The van der Waals surface area contributed by atoms with E-state index in [9.17, 15) is 4.79 Å². The molecule has 13 heavy (non-hydrogen) atoms. The van der Waals surface area contributed by atoms with Crippen LogP contribution in [0.25, 0.3) is 0 Å². The maximum Gasteiger partial charge on any atom is 0.407 e. The van der Waals surface area contributed by atoms with Gasteiger partial charge in [0.05, 0.1) is 6.61 Å². The van der Waals surface area contributed by atoms with E-state index < -0.39 is 6.09 Å². The van der Waals surface area contributed by atoms with Crippen molar-refractivity contribution in [1.29, 1.82) is 0 Å². The first-order chi connectivity index (χ1) is 6.31. The molecule has 0 aromatic heterocycles. The van der Waals surface area contributed by atoms with E-state index in [1.54, 1.807) is 0 Å². The predicted molar refractivity (Wildman–Crippen MR) is 53.2 cm³/mol. The molecule has 0 aliphatic heterocycles. The molecule has 3 nitrogen and oxygen atoms in total. The summed E-state index contributed by atoms with van der Waals surface area (Å²) < 4.78 is 4.79. The fourth-order valence-electron chi connectivity index (χ4n) is 1.10. The topological polar surface area (TPSA) is 38.3 Å². The van der Waals surface area contributed by atoms with E-state index in [1.165, 1.54) is 25.7 Å². The second kappa shape index (κ2) is 9.36. The van der Waals surface area contributed by atoms with E-state index in [2.05, 4.69) is 19.3 Å². The second-order valence-corrected chi connectivity index (χ2v) is 3.08. The van der Waals surface area contributed by atoms with Gasteiger partial charge in [0.15, 0.2) is 0 Å². The van der Waals surface area contributed by atoms with Crippen LogP contribution in [0.3, 0.4) is 0 Å². The molecule has 0 aliphatic carbocycles. The van der Waals surface area contributed by atoms with Gasteiger partial charge in [0.1, 0.15) is 0 Å². The number of carbonyl (C=O) groups is 1. The van der Waals surface area contributed by atoms with Crippen molar-refractivity contribution in [2.24, 2.45) is 0 Å². The highest BCUT2D eigenvalue weighted by Crippen LogP contribution is 2.04. The molecule has 0 atom stereocenters. The number of amides is 1. The number of hydrogen-bond donors (Lipinski definition) is 1. The fourth-order valence-corrected chi connectivity index (χ4v) is 1.10. The average molecular weight is 186 g/mol. The van der Waals surface area contributed by atoms with Gasteiger partial charge in [-0.05, 0) is 6.42 Å². The Hall–Kier alpha value is -0.730. The van der Waals surface area contributed by atoms with Crippen LogP contribution in [0, 0.1) is 7.05 Å². The molecule has 0 saturated carbocycles. The lowest BCUT2D eigenvalue weighted by Crippen LogP contribution is -2.17. The zero-order chi connectivity index (χ0) is 9.94. The molecule has 0 aromatic rings. The Morgan fingerprint density at radius 3 is 2.46 bits per heavy atom. The Morgan fingerprint density at radius 1 is 1.23 bits per heavy atom. The lowest BCUT2D eigenvalue weighted by molar-refractivity contribution is 0.147.